The average molecular weight is 233 g/mol. The van der Waals surface area contributed by atoms with Crippen molar-refractivity contribution in [2.45, 2.75) is 27.7 Å². The summed E-state index contributed by atoms with van der Waals surface area (Å²) in [5, 5.41) is 2.83. The lowest BCUT2D eigenvalue weighted by molar-refractivity contribution is -0.120. The van der Waals surface area contributed by atoms with E-state index in [-0.39, 0.29) is 17.6 Å². The molecule has 0 heterocycles. The number of hydrogen-bond acceptors (Lipinski definition) is 2. The summed E-state index contributed by atoms with van der Waals surface area (Å²) in [4.78, 5) is 23.1. The van der Waals surface area contributed by atoms with E-state index in [4.69, 9.17) is 0 Å². The van der Waals surface area contributed by atoms with Crippen LogP contribution in [-0.2, 0) is 4.79 Å². The minimum absolute atomic E-state index is 0.00185. The van der Waals surface area contributed by atoms with Gasteiger partial charge in [-0.3, -0.25) is 9.59 Å². The van der Waals surface area contributed by atoms with Crippen LogP contribution < -0.4 is 5.32 Å². The van der Waals surface area contributed by atoms with Crippen molar-refractivity contribution in [3.63, 3.8) is 0 Å². The van der Waals surface area contributed by atoms with Gasteiger partial charge in [0, 0.05) is 17.2 Å². The van der Waals surface area contributed by atoms with Crippen LogP contribution in [-0.4, -0.2) is 11.7 Å². The standard InChI is InChI=1S/C14H19NO2/c1-9(2)10(3)14(17)15-13-7-5-6-12(8-13)11(4)16/h5-10H,1-4H3,(H,15,17). The van der Waals surface area contributed by atoms with Crippen LogP contribution in [0.15, 0.2) is 24.3 Å². The third-order valence-corrected chi connectivity index (χ3v) is 2.95. The Morgan fingerprint density at radius 3 is 2.35 bits per heavy atom. The summed E-state index contributed by atoms with van der Waals surface area (Å²) in [6.45, 7) is 7.43. The Morgan fingerprint density at radius 1 is 1.18 bits per heavy atom. The van der Waals surface area contributed by atoms with Crippen LogP contribution >= 0.6 is 0 Å². The van der Waals surface area contributed by atoms with E-state index in [2.05, 4.69) is 5.32 Å². The van der Waals surface area contributed by atoms with E-state index in [1.807, 2.05) is 20.8 Å². The number of hydrogen-bond donors (Lipinski definition) is 1. The van der Waals surface area contributed by atoms with Gasteiger partial charge in [-0.2, -0.15) is 0 Å². The highest BCUT2D eigenvalue weighted by atomic mass is 16.2. The van der Waals surface area contributed by atoms with E-state index in [1.165, 1.54) is 6.92 Å². The van der Waals surface area contributed by atoms with Crippen molar-refractivity contribution >= 4 is 17.4 Å². The minimum atomic E-state index is -0.0454. The lowest BCUT2D eigenvalue weighted by atomic mass is 9.97. The van der Waals surface area contributed by atoms with Gasteiger partial charge in [0.15, 0.2) is 5.78 Å². The zero-order chi connectivity index (χ0) is 13.0. The van der Waals surface area contributed by atoms with Gasteiger partial charge in [0.25, 0.3) is 0 Å². The third-order valence-electron chi connectivity index (χ3n) is 2.95. The third kappa shape index (κ3) is 3.70. The summed E-state index contributed by atoms with van der Waals surface area (Å²) >= 11 is 0. The summed E-state index contributed by atoms with van der Waals surface area (Å²) in [7, 11) is 0. The molecule has 0 aliphatic carbocycles. The summed E-state index contributed by atoms with van der Waals surface area (Å²) < 4.78 is 0. The first-order valence-electron chi connectivity index (χ1n) is 5.83. The van der Waals surface area contributed by atoms with E-state index in [0.29, 0.717) is 17.2 Å². The van der Waals surface area contributed by atoms with Gasteiger partial charge >= 0.3 is 0 Å². The van der Waals surface area contributed by atoms with Gasteiger partial charge in [-0.25, -0.2) is 0 Å². The number of anilines is 1. The molecule has 0 saturated heterocycles. The molecule has 17 heavy (non-hydrogen) atoms. The van der Waals surface area contributed by atoms with Gasteiger partial charge in [-0.1, -0.05) is 32.9 Å². The Balaban J connectivity index is 2.78. The molecule has 92 valence electrons. The maximum atomic E-state index is 11.8. The van der Waals surface area contributed by atoms with E-state index in [0.717, 1.165) is 0 Å². The van der Waals surface area contributed by atoms with Crippen LogP contribution in [0.5, 0.6) is 0 Å². The number of carbonyl (C=O) groups excluding carboxylic acids is 2. The second-order valence-corrected chi connectivity index (χ2v) is 4.66. The van der Waals surface area contributed by atoms with Gasteiger partial charge in [0.05, 0.1) is 0 Å². The lowest BCUT2D eigenvalue weighted by Crippen LogP contribution is -2.24. The Labute approximate surface area is 102 Å². The lowest BCUT2D eigenvalue weighted by Gasteiger charge is -2.15. The molecular formula is C14H19NO2. The maximum Gasteiger partial charge on any atom is 0.227 e. The van der Waals surface area contributed by atoms with Crippen molar-refractivity contribution in [3.05, 3.63) is 29.8 Å². The fourth-order valence-electron chi connectivity index (χ4n) is 1.37. The Kier molecular flexibility index (Phi) is 4.44. The molecule has 0 fully saturated rings. The van der Waals surface area contributed by atoms with Crippen LogP contribution in [0.4, 0.5) is 5.69 Å². The number of nitrogens with one attached hydrogen (secondary N) is 1. The van der Waals surface area contributed by atoms with Crippen LogP contribution in [0.3, 0.4) is 0 Å². The molecule has 1 N–H and O–H groups in total. The Morgan fingerprint density at radius 2 is 1.82 bits per heavy atom. The topological polar surface area (TPSA) is 46.2 Å². The Bertz CT molecular complexity index is 424. The molecule has 0 spiro atoms. The molecule has 1 atom stereocenters. The van der Waals surface area contributed by atoms with Crippen molar-refractivity contribution < 1.29 is 9.59 Å². The molecule has 3 nitrogen and oxygen atoms in total. The zero-order valence-corrected chi connectivity index (χ0v) is 10.8. The summed E-state index contributed by atoms with van der Waals surface area (Å²) in [5.74, 6) is 0.237. The highest BCUT2D eigenvalue weighted by Gasteiger charge is 2.16. The van der Waals surface area contributed by atoms with Crippen molar-refractivity contribution in [3.8, 4) is 0 Å². The van der Waals surface area contributed by atoms with E-state index in [9.17, 15) is 9.59 Å². The molecule has 3 heteroatoms. The van der Waals surface area contributed by atoms with Gasteiger partial charge < -0.3 is 5.32 Å². The van der Waals surface area contributed by atoms with E-state index < -0.39 is 0 Å². The summed E-state index contributed by atoms with van der Waals surface area (Å²) in [6.07, 6.45) is 0. The first-order chi connectivity index (χ1) is 7.91. The molecule has 0 bridgehead atoms. The molecule has 1 rings (SSSR count). The maximum absolute atomic E-state index is 11.8. The van der Waals surface area contributed by atoms with Gasteiger partial charge in [-0.05, 0) is 25.0 Å². The zero-order valence-electron chi connectivity index (χ0n) is 10.8. The van der Waals surface area contributed by atoms with Crippen LogP contribution in [0.1, 0.15) is 38.1 Å². The molecule has 0 aromatic heterocycles. The Hall–Kier alpha value is -1.64. The molecular weight excluding hydrogens is 214 g/mol. The highest BCUT2D eigenvalue weighted by molar-refractivity contribution is 5.97. The quantitative estimate of drug-likeness (QED) is 0.812. The number of carbonyl (C=O) groups is 2. The first-order valence-corrected chi connectivity index (χ1v) is 5.83. The predicted octanol–water partition coefficient (Wildman–Crippen LogP) is 3.12. The number of benzene rings is 1. The number of amides is 1. The van der Waals surface area contributed by atoms with E-state index >= 15 is 0 Å². The highest BCUT2D eigenvalue weighted by Crippen LogP contribution is 2.15. The van der Waals surface area contributed by atoms with Gasteiger partial charge in [0.2, 0.25) is 5.91 Å². The monoisotopic (exact) mass is 233 g/mol. The molecule has 1 aromatic carbocycles. The van der Waals surface area contributed by atoms with Gasteiger partial charge in [-0.15, -0.1) is 0 Å². The molecule has 0 aliphatic heterocycles. The van der Waals surface area contributed by atoms with Crippen molar-refractivity contribution in [1.82, 2.24) is 0 Å². The predicted molar refractivity (Wildman–Crippen MR) is 69.1 cm³/mol. The summed E-state index contributed by atoms with van der Waals surface area (Å²) in [6, 6.07) is 7.00. The fraction of sp³-hybridized carbons (Fsp3) is 0.429. The fourth-order valence-corrected chi connectivity index (χ4v) is 1.37. The van der Waals surface area contributed by atoms with Crippen molar-refractivity contribution in [2.24, 2.45) is 11.8 Å². The molecule has 0 radical (unpaired) electrons. The summed E-state index contributed by atoms with van der Waals surface area (Å²) in [5.41, 5.74) is 1.29. The van der Waals surface area contributed by atoms with E-state index in [1.54, 1.807) is 24.3 Å². The average Bonchev–Trinajstić information content (AvgIpc) is 2.28. The van der Waals surface area contributed by atoms with Crippen molar-refractivity contribution in [1.29, 1.82) is 0 Å². The number of Topliss-reactive ketones (excluding diaryl/α,β-unsaturated/α-hetero) is 1. The van der Waals surface area contributed by atoms with Crippen molar-refractivity contribution in [2.75, 3.05) is 5.32 Å². The van der Waals surface area contributed by atoms with Crippen LogP contribution in [0.2, 0.25) is 0 Å². The van der Waals surface area contributed by atoms with Gasteiger partial charge in [0.1, 0.15) is 0 Å². The second-order valence-electron chi connectivity index (χ2n) is 4.66. The molecule has 1 unspecified atom stereocenters. The normalized spacial score (nSPS) is 12.3. The van der Waals surface area contributed by atoms with Crippen LogP contribution in [0, 0.1) is 11.8 Å². The molecule has 1 amide bonds. The minimum Gasteiger partial charge on any atom is -0.326 e. The molecule has 0 saturated carbocycles. The smallest absolute Gasteiger partial charge is 0.227 e. The molecule has 1 aromatic rings. The number of ketones is 1. The second kappa shape index (κ2) is 5.62. The largest absolute Gasteiger partial charge is 0.326 e. The molecule has 0 aliphatic rings. The number of rotatable bonds is 4. The SMILES string of the molecule is CC(=O)c1cccc(NC(=O)C(C)C(C)C)c1. The first kappa shape index (κ1) is 13.4. The van der Waals surface area contributed by atoms with Crippen LogP contribution in [0.25, 0.3) is 0 Å².